The van der Waals surface area contributed by atoms with E-state index in [1.165, 1.54) is 0 Å². The average Bonchev–Trinajstić information content (AvgIpc) is 2.80. The maximum absolute atomic E-state index is 12.1. The van der Waals surface area contributed by atoms with Gasteiger partial charge in [0.15, 0.2) is 0 Å². The minimum Gasteiger partial charge on any atom is -0.381 e. The highest BCUT2D eigenvalue weighted by atomic mass is 35.5. The molecule has 0 radical (unpaired) electrons. The van der Waals surface area contributed by atoms with Gasteiger partial charge in [-0.2, -0.15) is 0 Å². The average molecular weight is 311 g/mol. The van der Waals surface area contributed by atoms with E-state index in [0.717, 1.165) is 0 Å². The van der Waals surface area contributed by atoms with E-state index in [1.807, 2.05) is 19.1 Å². The lowest BCUT2D eigenvalue weighted by Crippen LogP contribution is -2.37. The zero-order valence-electron chi connectivity index (χ0n) is 12.0. The summed E-state index contributed by atoms with van der Waals surface area (Å²) in [5.74, 6) is -0.125. The molecule has 1 N–H and O–H groups in total. The van der Waals surface area contributed by atoms with Crippen molar-refractivity contribution in [2.24, 2.45) is 0 Å². The first kappa shape index (κ1) is 15.8. The van der Waals surface area contributed by atoms with E-state index in [-0.39, 0.29) is 17.9 Å². The number of para-hydroxylation sites is 1. The van der Waals surface area contributed by atoms with Gasteiger partial charge in [0.05, 0.1) is 23.4 Å². The molecular formula is C15H19ClN2O3. The molecule has 1 aromatic rings. The quantitative estimate of drug-likeness (QED) is 0.818. The molecule has 2 rings (SSSR count). The molecular weight excluding hydrogens is 292 g/mol. The smallest absolute Gasteiger partial charge is 0.229 e. The minimum atomic E-state index is -0.178. The van der Waals surface area contributed by atoms with Gasteiger partial charge in [0.1, 0.15) is 0 Å². The van der Waals surface area contributed by atoms with Crippen LogP contribution in [0.15, 0.2) is 24.3 Å². The summed E-state index contributed by atoms with van der Waals surface area (Å²) < 4.78 is 5.14. The standard InChI is InChI=1S/C15H19ClN2O3/c1-2-21-8-7-14(19)17-11-9-15(20)18(10-11)13-6-4-3-5-12(13)16/h3-6,11H,2,7-10H2,1H3,(H,17,19)/t11-/m1/s1. The number of hydrogen-bond acceptors (Lipinski definition) is 3. The molecule has 0 bridgehead atoms. The van der Waals surface area contributed by atoms with Crippen molar-refractivity contribution in [3.05, 3.63) is 29.3 Å². The highest BCUT2D eigenvalue weighted by Gasteiger charge is 2.32. The first-order chi connectivity index (χ1) is 10.1. The highest BCUT2D eigenvalue weighted by molar-refractivity contribution is 6.33. The number of carbonyl (C=O) groups is 2. The number of anilines is 1. The van der Waals surface area contributed by atoms with Crippen molar-refractivity contribution in [3.8, 4) is 0 Å². The van der Waals surface area contributed by atoms with E-state index in [2.05, 4.69) is 5.32 Å². The molecule has 1 atom stereocenters. The van der Waals surface area contributed by atoms with Crippen LogP contribution < -0.4 is 10.2 Å². The molecule has 1 saturated heterocycles. The SMILES string of the molecule is CCOCCC(=O)N[C@@H]1CC(=O)N(c2ccccc2Cl)C1. The van der Waals surface area contributed by atoms with Gasteiger partial charge in [0.25, 0.3) is 0 Å². The van der Waals surface area contributed by atoms with Gasteiger partial charge in [-0.3, -0.25) is 9.59 Å². The molecule has 21 heavy (non-hydrogen) atoms. The Morgan fingerprint density at radius 3 is 2.95 bits per heavy atom. The fourth-order valence-corrected chi connectivity index (χ4v) is 2.55. The van der Waals surface area contributed by atoms with E-state index >= 15 is 0 Å². The van der Waals surface area contributed by atoms with Gasteiger partial charge in [0, 0.05) is 26.0 Å². The summed E-state index contributed by atoms with van der Waals surface area (Å²) in [6, 6.07) is 7.03. The van der Waals surface area contributed by atoms with Gasteiger partial charge in [-0.15, -0.1) is 0 Å². The number of benzene rings is 1. The molecule has 0 aromatic heterocycles. The van der Waals surface area contributed by atoms with Crippen LogP contribution in [-0.4, -0.2) is 37.6 Å². The molecule has 0 spiro atoms. The van der Waals surface area contributed by atoms with Crippen LogP contribution in [0.4, 0.5) is 5.69 Å². The van der Waals surface area contributed by atoms with Crippen LogP contribution in [0.25, 0.3) is 0 Å². The molecule has 6 heteroatoms. The second-order valence-electron chi connectivity index (χ2n) is 4.87. The van der Waals surface area contributed by atoms with Crippen LogP contribution in [0.2, 0.25) is 5.02 Å². The van der Waals surface area contributed by atoms with Crippen molar-refractivity contribution in [1.29, 1.82) is 0 Å². The van der Waals surface area contributed by atoms with E-state index in [9.17, 15) is 9.59 Å². The molecule has 0 saturated carbocycles. The Morgan fingerprint density at radius 2 is 2.24 bits per heavy atom. The predicted octanol–water partition coefficient (Wildman–Crippen LogP) is 1.99. The number of nitrogens with zero attached hydrogens (tertiary/aromatic N) is 1. The predicted molar refractivity (Wildman–Crippen MR) is 81.5 cm³/mol. The lowest BCUT2D eigenvalue weighted by Gasteiger charge is -2.18. The molecule has 1 aromatic carbocycles. The van der Waals surface area contributed by atoms with Gasteiger partial charge in [0.2, 0.25) is 11.8 Å². The van der Waals surface area contributed by atoms with Gasteiger partial charge in [-0.05, 0) is 19.1 Å². The van der Waals surface area contributed by atoms with Crippen LogP contribution in [-0.2, 0) is 14.3 Å². The molecule has 114 valence electrons. The zero-order valence-corrected chi connectivity index (χ0v) is 12.7. The topological polar surface area (TPSA) is 58.6 Å². The van der Waals surface area contributed by atoms with Gasteiger partial charge < -0.3 is 15.0 Å². The zero-order chi connectivity index (χ0) is 15.2. The summed E-state index contributed by atoms with van der Waals surface area (Å²) >= 11 is 6.11. The monoisotopic (exact) mass is 310 g/mol. The number of nitrogens with one attached hydrogen (secondary N) is 1. The maximum atomic E-state index is 12.1. The minimum absolute atomic E-state index is 0.0294. The Morgan fingerprint density at radius 1 is 1.48 bits per heavy atom. The number of ether oxygens (including phenoxy) is 1. The number of hydrogen-bond donors (Lipinski definition) is 1. The van der Waals surface area contributed by atoms with E-state index < -0.39 is 0 Å². The number of amides is 2. The molecule has 5 nitrogen and oxygen atoms in total. The Bertz CT molecular complexity index is 521. The summed E-state index contributed by atoms with van der Waals surface area (Å²) in [6.45, 7) is 3.32. The van der Waals surface area contributed by atoms with Gasteiger partial charge >= 0.3 is 0 Å². The second-order valence-corrected chi connectivity index (χ2v) is 5.28. The van der Waals surface area contributed by atoms with Gasteiger partial charge in [-0.1, -0.05) is 23.7 Å². The molecule has 1 aliphatic heterocycles. The first-order valence-corrected chi connectivity index (χ1v) is 7.41. The van der Waals surface area contributed by atoms with Crippen molar-refractivity contribution >= 4 is 29.1 Å². The van der Waals surface area contributed by atoms with Crippen LogP contribution in [0, 0.1) is 0 Å². The Balaban J connectivity index is 1.91. The van der Waals surface area contributed by atoms with Crippen LogP contribution in [0.3, 0.4) is 0 Å². The van der Waals surface area contributed by atoms with Crippen molar-refractivity contribution < 1.29 is 14.3 Å². The summed E-state index contributed by atoms with van der Waals surface area (Å²) in [5, 5.41) is 3.40. The van der Waals surface area contributed by atoms with E-state index in [4.69, 9.17) is 16.3 Å². The second kappa shape index (κ2) is 7.43. The van der Waals surface area contributed by atoms with Gasteiger partial charge in [-0.25, -0.2) is 0 Å². The Kier molecular flexibility index (Phi) is 5.59. The summed E-state index contributed by atoms with van der Waals surface area (Å²) in [6.07, 6.45) is 0.607. The third-order valence-electron chi connectivity index (χ3n) is 3.31. The third-order valence-corrected chi connectivity index (χ3v) is 3.63. The van der Waals surface area contributed by atoms with E-state index in [1.54, 1.807) is 17.0 Å². The van der Waals surface area contributed by atoms with Crippen LogP contribution >= 0.6 is 11.6 Å². The van der Waals surface area contributed by atoms with Crippen molar-refractivity contribution in [1.82, 2.24) is 5.32 Å². The lowest BCUT2D eigenvalue weighted by atomic mass is 10.2. The van der Waals surface area contributed by atoms with Crippen molar-refractivity contribution in [2.75, 3.05) is 24.7 Å². The van der Waals surface area contributed by atoms with Crippen LogP contribution in [0.1, 0.15) is 19.8 Å². The fraction of sp³-hybridized carbons (Fsp3) is 0.467. The van der Waals surface area contributed by atoms with Crippen LogP contribution in [0.5, 0.6) is 0 Å². The first-order valence-electron chi connectivity index (χ1n) is 7.03. The number of rotatable bonds is 6. The summed E-state index contributed by atoms with van der Waals surface area (Å²) in [4.78, 5) is 25.4. The normalized spacial score (nSPS) is 18.1. The molecule has 0 aliphatic carbocycles. The van der Waals surface area contributed by atoms with E-state index in [0.29, 0.717) is 43.3 Å². The maximum Gasteiger partial charge on any atom is 0.229 e. The molecule has 2 amide bonds. The number of carbonyl (C=O) groups excluding carboxylic acids is 2. The fourth-order valence-electron chi connectivity index (χ4n) is 2.32. The Labute approximate surface area is 129 Å². The van der Waals surface area contributed by atoms with Crippen molar-refractivity contribution in [2.45, 2.75) is 25.8 Å². The van der Waals surface area contributed by atoms with Crippen molar-refractivity contribution in [3.63, 3.8) is 0 Å². The third kappa shape index (κ3) is 4.19. The lowest BCUT2D eigenvalue weighted by molar-refractivity contribution is -0.122. The summed E-state index contributed by atoms with van der Waals surface area (Å²) in [7, 11) is 0. The molecule has 1 heterocycles. The number of halogens is 1. The summed E-state index contributed by atoms with van der Waals surface area (Å²) in [5.41, 5.74) is 0.690. The molecule has 0 unspecified atom stereocenters. The molecule has 1 fully saturated rings. The Hall–Kier alpha value is -1.59. The highest BCUT2D eigenvalue weighted by Crippen LogP contribution is 2.28. The molecule has 1 aliphatic rings. The largest absolute Gasteiger partial charge is 0.381 e.